The Morgan fingerprint density at radius 1 is 1.18 bits per heavy atom. The smallest absolute Gasteiger partial charge is 0.231 e. The average Bonchev–Trinajstić information content (AvgIpc) is 2.85. The van der Waals surface area contributed by atoms with E-state index >= 15 is 0 Å². The van der Waals surface area contributed by atoms with Crippen molar-refractivity contribution < 1.29 is 9.47 Å². The van der Waals surface area contributed by atoms with Gasteiger partial charge in [0.05, 0.1) is 0 Å². The molecule has 3 rings (SSSR count). The zero-order valence-electron chi connectivity index (χ0n) is 10.2. The van der Waals surface area contributed by atoms with Crippen molar-refractivity contribution in [2.45, 2.75) is 13.3 Å². The molecule has 1 fully saturated rings. The molecular weight excluding hydrogens is 216 g/mol. The monoisotopic (exact) mass is 234 g/mol. The zero-order valence-corrected chi connectivity index (χ0v) is 10.2. The molecular formula is C13H18N2O2. The average molecular weight is 234 g/mol. The van der Waals surface area contributed by atoms with Crippen LogP contribution in [0.2, 0.25) is 0 Å². The van der Waals surface area contributed by atoms with Crippen molar-refractivity contribution in [3.05, 3.63) is 17.7 Å². The van der Waals surface area contributed by atoms with Crippen molar-refractivity contribution in [3.8, 4) is 11.5 Å². The Kier molecular flexibility index (Phi) is 2.81. The maximum Gasteiger partial charge on any atom is 0.231 e. The summed E-state index contributed by atoms with van der Waals surface area (Å²) in [7, 11) is 0. The van der Waals surface area contributed by atoms with E-state index in [0.717, 1.165) is 44.1 Å². The summed E-state index contributed by atoms with van der Waals surface area (Å²) in [6, 6.07) is 4.26. The number of hydrogen-bond acceptors (Lipinski definition) is 4. The summed E-state index contributed by atoms with van der Waals surface area (Å²) >= 11 is 0. The molecule has 0 bridgehead atoms. The molecule has 2 aliphatic rings. The molecule has 0 radical (unpaired) electrons. The molecule has 0 aliphatic carbocycles. The Balaban J connectivity index is 1.96. The van der Waals surface area contributed by atoms with E-state index in [-0.39, 0.29) is 0 Å². The third kappa shape index (κ3) is 1.93. The molecule has 2 aliphatic heterocycles. The minimum absolute atomic E-state index is 0.351. The van der Waals surface area contributed by atoms with E-state index in [0.29, 0.717) is 6.79 Å². The van der Waals surface area contributed by atoms with Crippen molar-refractivity contribution in [2.75, 3.05) is 37.9 Å². The predicted molar refractivity (Wildman–Crippen MR) is 67.0 cm³/mol. The Hall–Kier alpha value is -1.42. The van der Waals surface area contributed by atoms with Crippen LogP contribution in [-0.2, 0) is 6.42 Å². The lowest BCUT2D eigenvalue weighted by Crippen LogP contribution is -2.43. The number of ether oxygens (including phenoxy) is 2. The van der Waals surface area contributed by atoms with E-state index in [4.69, 9.17) is 9.47 Å². The lowest BCUT2D eigenvalue weighted by molar-refractivity contribution is 0.174. The molecule has 0 unspecified atom stereocenters. The lowest BCUT2D eigenvalue weighted by atomic mass is 10.1. The molecule has 2 heterocycles. The Bertz CT molecular complexity index is 414. The molecule has 4 nitrogen and oxygen atoms in total. The molecule has 1 aromatic rings. The Labute approximate surface area is 102 Å². The largest absolute Gasteiger partial charge is 0.454 e. The van der Waals surface area contributed by atoms with Gasteiger partial charge >= 0.3 is 0 Å². The highest BCUT2D eigenvalue weighted by Gasteiger charge is 2.20. The van der Waals surface area contributed by atoms with Gasteiger partial charge in [-0.2, -0.15) is 0 Å². The zero-order chi connectivity index (χ0) is 11.7. The third-order valence-electron chi connectivity index (χ3n) is 3.41. The fraction of sp³-hybridized carbons (Fsp3) is 0.538. The number of nitrogens with zero attached hydrogens (tertiary/aromatic N) is 1. The van der Waals surface area contributed by atoms with E-state index in [1.165, 1.54) is 11.3 Å². The maximum absolute atomic E-state index is 5.46. The predicted octanol–water partition coefficient (Wildman–Crippen LogP) is 1.39. The first kappa shape index (κ1) is 10.7. The minimum atomic E-state index is 0.351. The highest BCUT2D eigenvalue weighted by molar-refractivity contribution is 5.63. The van der Waals surface area contributed by atoms with E-state index in [2.05, 4.69) is 29.3 Å². The fourth-order valence-electron chi connectivity index (χ4n) is 2.46. The second-order valence-electron chi connectivity index (χ2n) is 4.42. The number of nitrogens with one attached hydrogen (secondary N) is 1. The van der Waals surface area contributed by atoms with Crippen LogP contribution < -0.4 is 19.7 Å². The number of aryl methyl sites for hydroxylation is 1. The van der Waals surface area contributed by atoms with Gasteiger partial charge in [-0.15, -0.1) is 0 Å². The van der Waals surface area contributed by atoms with Crippen molar-refractivity contribution in [1.82, 2.24) is 5.32 Å². The molecule has 17 heavy (non-hydrogen) atoms. The van der Waals surface area contributed by atoms with Gasteiger partial charge in [0.15, 0.2) is 11.5 Å². The molecule has 4 heteroatoms. The van der Waals surface area contributed by atoms with Crippen LogP contribution >= 0.6 is 0 Å². The van der Waals surface area contributed by atoms with Gasteiger partial charge in [0.2, 0.25) is 6.79 Å². The van der Waals surface area contributed by atoms with Gasteiger partial charge in [0.25, 0.3) is 0 Å². The summed E-state index contributed by atoms with van der Waals surface area (Å²) in [5, 5.41) is 3.38. The van der Waals surface area contributed by atoms with Crippen LogP contribution in [0.5, 0.6) is 11.5 Å². The number of hydrogen-bond donors (Lipinski definition) is 1. The standard InChI is InChI=1S/C13H18N2O2/c1-2-10-7-12-13(17-9-16-12)8-11(10)15-5-3-14-4-6-15/h7-8,14H,2-6,9H2,1H3. The molecule has 0 aromatic heterocycles. The summed E-state index contributed by atoms with van der Waals surface area (Å²) in [5.74, 6) is 1.77. The van der Waals surface area contributed by atoms with Crippen LogP contribution in [0.4, 0.5) is 5.69 Å². The summed E-state index contributed by atoms with van der Waals surface area (Å²) in [6.45, 7) is 6.77. The van der Waals surface area contributed by atoms with Gasteiger partial charge in [-0.1, -0.05) is 6.92 Å². The van der Waals surface area contributed by atoms with Crippen LogP contribution in [0.3, 0.4) is 0 Å². The van der Waals surface area contributed by atoms with Crippen molar-refractivity contribution in [3.63, 3.8) is 0 Å². The van der Waals surface area contributed by atoms with Crippen LogP contribution in [0.1, 0.15) is 12.5 Å². The molecule has 0 spiro atoms. The number of piperazine rings is 1. The highest BCUT2D eigenvalue weighted by Crippen LogP contribution is 2.38. The first-order valence-corrected chi connectivity index (χ1v) is 6.26. The highest BCUT2D eigenvalue weighted by atomic mass is 16.7. The normalized spacial score (nSPS) is 18.5. The maximum atomic E-state index is 5.46. The van der Waals surface area contributed by atoms with Crippen LogP contribution in [0, 0.1) is 0 Å². The van der Waals surface area contributed by atoms with Gasteiger partial charge in [-0.05, 0) is 18.1 Å². The first-order chi connectivity index (χ1) is 8.38. The molecule has 1 saturated heterocycles. The van der Waals surface area contributed by atoms with Gasteiger partial charge in [-0.3, -0.25) is 0 Å². The van der Waals surface area contributed by atoms with E-state index < -0.39 is 0 Å². The van der Waals surface area contributed by atoms with Crippen molar-refractivity contribution in [1.29, 1.82) is 0 Å². The quantitative estimate of drug-likeness (QED) is 0.838. The van der Waals surface area contributed by atoms with Crippen LogP contribution in [-0.4, -0.2) is 33.0 Å². The summed E-state index contributed by atoms with van der Waals surface area (Å²) in [5.41, 5.74) is 2.65. The second kappa shape index (κ2) is 4.45. The van der Waals surface area contributed by atoms with Crippen molar-refractivity contribution in [2.24, 2.45) is 0 Å². The number of fused-ring (bicyclic) bond motifs is 1. The summed E-state index contributed by atoms with van der Waals surface area (Å²) in [6.07, 6.45) is 1.02. The molecule has 1 aromatic carbocycles. The van der Waals surface area contributed by atoms with Gasteiger partial charge in [0, 0.05) is 37.9 Å². The Morgan fingerprint density at radius 2 is 1.88 bits per heavy atom. The SMILES string of the molecule is CCc1cc2c(cc1N1CCNCC1)OCO2. The Morgan fingerprint density at radius 3 is 2.59 bits per heavy atom. The molecule has 0 saturated carbocycles. The van der Waals surface area contributed by atoms with Crippen LogP contribution in [0.25, 0.3) is 0 Å². The van der Waals surface area contributed by atoms with E-state index in [1.807, 2.05) is 0 Å². The van der Waals surface area contributed by atoms with Crippen LogP contribution in [0.15, 0.2) is 12.1 Å². The molecule has 0 atom stereocenters. The lowest BCUT2D eigenvalue weighted by Gasteiger charge is -2.31. The first-order valence-electron chi connectivity index (χ1n) is 6.26. The third-order valence-corrected chi connectivity index (χ3v) is 3.41. The number of benzene rings is 1. The molecule has 1 N–H and O–H groups in total. The summed E-state index contributed by atoms with van der Waals surface area (Å²) < 4.78 is 10.9. The number of rotatable bonds is 2. The van der Waals surface area contributed by atoms with Gasteiger partial charge < -0.3 is 19.7 Å². The van der Waals surface area contributed by atoms with Gasteiger partial charge in [-0.25, -0.2) is 0 Å². The molecule has 0 amide bonds. The summed E-state index contributed by atoms with van der Waals surface area (Å²) in [4.78, 5) is 2.43. The van der Waals surface area contributed by atoms with Gasteiger partial charge in [0.1, 0.15) is 0 Å². The minimum Gasteiger partial charge on any atom is -0.454 e. The topological polar surface area (TPSA) is 33.7 Å². The molecule has 92 valence electrons. The van der Waals surface area contributed by atoms with Crippen molar-refractivity contribution >= 4 is 5.69 Å². The second-order valence-corrected chi connectivity index (χ2v) is 4.42. The fourth-order valence-corrected chi connectivity index (χ4v) is 2.46. The number of anilines is 1. The van der Waals surface area contributed by atoms with E-state index in [9.17, 15) is 0 Å². The van der Waals surface area contributed by atoms with E-state index in [1.54, 1.807) is 0 Å².